The van der Waals surface area contributed by atoms with Gasteiger partial charge in [0.2, 0.25) is 5.91 Å². The van der Waals surface area contributed by atoms with Crippen LogP contribution in [0.5, 0.6) is 0 Å². The zero-order chi connectivity index (χ0) is 16.4. The molecule has 0 spiro atoms. The van der Waals surface area contributed by atoms with Gasteiger partial charge in [-0.25, -0.2) is 0 Å². The second-order valence-corrected chi connectivity index (χ2v) is 5.53. The molecule has 3 rings (SSSR count). The Bertz CT molecular complexity index is 784. The molecule has 0 unspecified atom stereocenters. The molecule has 1 aromatic heterocycles. The zero-order valence-electron chi connectivity index (χ0n) is 12.3. The zero-order valence-corrected chi connectivity index (χ0v) is 13.1. The maximum Gasteiger partial charge on any atom is 0.259 e. The second-order valence-electron chi connectivity index (χ2n) is 5.13. The summed E-state index contributed by atoms with van der Waals surface area (Å²) in [5, 5.41) is 7.46. The molecule has 6 nitrogen and oxygen atoms in total. The third-order valence-electron chi connectivity index (χ3n) is 3.72. The Morgan fingerprint density at radius 2 is 2.09 bits per heavy atom. The van der Waals surface area contributed by atoms with E-state index in [-0.39, 0.29) is 11.8 Å². The molecular formula is C16H15ClN4O2. The summed E-state index contributed by atoms with van der Waals surface area (Å²) in [6.45, 7) is 4.92. The van der Waals surface area contributed by atoms with E-state index in [0.29, 0.717) is 41.6 Å². The summed E-state index contributed by atoms with van der Waals surface area (Å²) in [5.74, 6) is -0.456. The summed E-state index contributed by atoms with van der Waals surface area (Å²) in [5.41, 5.74) is 1.68. The summed E-state index contributed by atoms with van der Waals surface area (Å²) in [6.07, 6.45) is 2.79. The van der Waals surface area contributed by atoms with Gasteiger partial charge in [0.25, 0.3) is 5.91 Å². The van der Waals surface area contributed by atoms with E-state index >= 15 is 0 Å². The highest BCUT2D eigenvalue weighted by atomic mass is 35.5. The molecule has 0 fully saturated rings. The van der Waals surface area contributed by atoms with Gasteiger partial charge in [-0.05, 0) is 18.2 Å². The molecule has 0 bridgehead atoms. The van der Waals surface area contributed by atoms with Crippen molar-refractivity contribution in [1.82, 2.24) is 14.7 Å². The number of fused-ring (bicyclic) bond motifs is 1. The van der Waals surface area contributed by atoms with Crippen molar-refractivity contribution in [1.29, 1.82) is 0 Å². The molecule has 0 saturated heterocycles. The van der Waals surface area contributed by atoms with Gasteiger partial charge >= 0.3 is 0 Å². The van der Waals surface area contributed by atoms with Crippen LogP contribution in [0, 0.1) is 0 Å². The molecule has 2 heterocycles. The minimum absolute atomic E-state index is 0.157. The predicted molar refractivity (Wildman–Crippen MR) is 87.2 cm³/mol. The number of hydrogen-bond acceptors (Lipinski definition) is 3. The van der Waals surface area contributed by atoms with Crippen LogP contribution in [0.3, 0.4) is 0 Å². The van der Waals surface area contributed by atoms with Gasteiger partial charge in [-0.15, -0.1) is 0 Å². The lowest BCUT2D eigenvalue weighted by atomic mass is 10.2. The summed E-state index contributed by atoms with van der Waals surface area (Å²) in [6, 6.07) is 7.01. The van der Waals surface area contributed by atoms with Crippen LogP contribution in [-0.4, -0.2) is 33.0 Å². The standard InChI is InChI=1S/C16H15ClN4O2/c1-2-15(22)20-7-8-21-14(10-20)11(9-18-21)16(23)19-13-6-4-3-5-12(13)17/h2-6,9H,1,7-8,10H2,(H,19,23). The highest BCUT2D eigenvalue weighted by Gasteiger charge is 2.25. The van der Waals surface area contributed by atoms with Gasteiger partial charge in [0.15, 0.2) is 0 Å². The fraction of sp³-hybridized carbons (Fsp3) is 0.188. The molecule has 0 atom stereocenters. The van der Waals surface area contributed by atoms with Gasteiger partial charge in [-0.2, -0.15) is 5.10 Å². The number of para-hydroxylation sites is 1. The first-order chi connectivity index (χ1) is 11.1. The van der Waals surface area contributed by atoms with Crippen LogP contribution in [-0.2, 0) is 17.9 Å². The third kappa shape index (κ3) is 2.98. The monoisotopic (exact) mass is 330 g/mol. The van der Waals surface area contributed by atoms with Crippen LogP contribution in [0.2, 0.25) is 5.02 Å². The van der Waals surface area contributed by atoms with Crippen molar-refractivity contribution in [2.75, 3.05) is 11.9 Å². The SMILES string of the molecule is C=CC(=O)N1CCn2ncc(C(=O)Nc3ccccc3Cl)c2C1. The number of benzene rings is 1. The lowest BCUT2D eigenvalue weighted by Crippen LogP contribution is -2.38. The summed E-state index contributed by atoms with van der Waals surface area (Å²) in [7, 11) is 0. The Hall–Kier alpha value is -2.60. The highest BCUT2D eigenvalue weighted by Crippen LogP contribution is 2.23. The second kappa shape index (κ2) is 6.26. The van der Waals surface area contributed by atoms with E-state index in [1.807, 2.05) is 0 Å². The number of rotatable bonds is 3. The number of carbonyl (C=O) groups is 2. The first-order valence-corrected chi connectivity index (χ1v) is 7.50. The Kier molecular flexibility index (Phi) is 4.16. The van der Waals surface area contributed by atoms with Gasteiger partial charge in [0.1, 0.15) is 0 Å². The van der Waals surface area contributed by atoms with Crippen molar-refractivity contribution in [2.45, 2.75) is 13.1 Å². The molecule has 1 aliphatic heterocycles. The lowest BCUT2D eigenvalue weighted by Gasteiger charge is -2.27. The van der Waals surface area contributed by atoms with Crippen molar-refractivity contribution in [3.8, 4) is 0 Å². The molecule has 0 saturated carbocycles. The maximum atomic E-state index is 12.5. The Morgan fingerprint density at radius 3 is 2.83 bits per heavy atom. The van der Waals surface area contributed by atoms with Crippen LogP contribution in [0.15, 0.2) is 43.1 Å². The molecule has 2 amide bonds. The average Bonchev–Trinajstić information content (AvgIpc) is 2.99. The fourth-order valence-corrected chi connectivity index (χ4v) is 2.69. The third-order valence-corrected chi connectivity index (χ3v) is 4.05. The van der Waals surface area contributed by atoms with E-state index in [1.165, 1.54) is 12.3 Å². The first kappa shape index (κ1) is 15.3. The average molecular weight is 331 g/mol. The van der Waals surface area contributed by atoms with E-state index in [4.69, 9.17) is 11.6 Å². The Balaban J connectivity index is 1.84. The van der Waals surface area contributed by atoms with Crippen LogP contribution < -0.4 is 5.32 Å². The smallest absolute Gasteiger partial charge is 0.259 e. The van der Waals surface area contributed by atoms with Gasteiger partial charge in [-0.1, -0.05) is 30.3 Å². The summed E-state index contributed by atoms with van der Waals surface area (Å²) in [4.78, 5) is 25.9. The number of aromatic nitrogens is 2. The largest absolute Gasteiger partial charge is 0.331 e. The molecular weight excluding hydrogens is 316 g/mol. The number of amides is 2. The Labute approximate surface area is 138 Å². The topological polar surface area (TPSA) is 67.2 Å². The van der Waals surface area contributed by atoms with Crippen LogP contribution in [0.4, 0.5) is 5.69 Å². The maximum absolute atomic E-state index is 12.5. The van der Waals surface area contributed by atoms with Crippen LogP contribution >= 0.6 is 11.6 Å². The highest BCUT2D eigenvalue weighted by molar-refractivity contribution is 6.33. The molecule has 1 N–H and O–H groups in total. The minimum atomic E-state index is -0.299. The van der Waals surface area contributed by atoms with Gasteiger partial charge in [-0.3, -0.25) is 14.3 Å². The number of hydrogen-bond donors (Lipinski definition) is 1. The van der Waals surface area contributed by atoms with Crippen LogP contribution in [0.25, 0.3) is 0 Å². The summed E-state index contributed by atoms with van der Waals surface area (Å²) < 4.78 is 1.74. The van der Waals surface area contributed by atoms with Gasteiger partial charge in [0, 0.05) is 6.54 Å². The Morgan fingerprint density at radius 1 is 1.30 bits per heavy atom. The quantitative estimate of drug-likeness (QED) is 0.878. The summed E-state index contributed by atoms with van der Waals surface area (Å²) >= 11 is 6.06. The molecule has 118 valence electrons. The van der Waals surface area contributed by atoms with Crippen molar-refractivity contribution >= 4 is 29.1 Å². The lowest BCUT2D eigenvalue weighted by molar-refractivity contribution is -0.127. The number of anilines is 1. The van der Waals surface area contributed by atoms with Crippen molar-refractivity contribution in [3.63, 3.8) is 0 Å². The van der Waals surface area contributed by atoms with E-state index in [0.717, 1.165) is 0 Å². The number of carbonyl (C=O) groups excluding carboxylic acids is 2. The first-order valence-electron chi connectivity index (χ1n) is 7.12. The molecule has 0 aliphatic carbocycles. The van der Waals surface area contributed by atoms with Crippen molar-refractivity contribution in [2.24, 2.45) is 0 Å². The van der Waals surface area contributed by atoms with Crippen molar-refractivity contribution in [3.05, 3.63) is 59.4 Å². The van der Waals surface area contributed by atoms with E-state index in [2.05, 4.69) is 17.0 Å². The van der Waals surface area contributed by atoms with Crippen LogP contribution in [0.1, 0.15) is 16.1 Å². The number of nitrogens with one attached hydrogen (secondary N) is 1. The minimum Gasteiger partial charge on any atom is -0.331 e. The fourth-order valence-electron chi connectivity index (χ4n) is 2.50. The van der Waals surface area contributed by atoms with Gasteiger partial charge in [0.05, 0.1) is 41.3 Å². The molecule has 2 aromatic rings. The van der Waals surface area contributed by atoms with E-state index < -0.39 is 0 Å². The molecule has 1 aliphatic rings. The van der Waals surface area contributed by atoms with Gasteiger partial charge < -0.3 is 10.2 Å². The van der Waals surface area contributed by atoms with E-state index in [9.17, 15) is 9.59 Å². The molecule has 23 heavy (non-hydrogen) atoms. The number of halogens is 1. The predicted octanol–water partition coefficient (Wildman–Crippen LogP) is 2.32. The van der Waals surface area contributed by atoms with E-state index in [1.54, 1.807) is 33.8 Å². The van der Waals surface area contributed by atoms with Crippen molar-refractivity contribution < 1.29 is 9.59 Å². The number of nitrogens with zero attached hydrogens (tertiary/aromatic N) is 3. The molecule has 0 radical (unpaired) electrons. The normalized spacial score (nSPS) is 13.3. The molecule has 7 heteroatoms. The molecule has 1 aromatic carbocycles.